The van der Waals surface area contributed by atoms with Gasteiger partial charge in [-0.25, -0.2) is 0 Å². The van der Waals surface area contributed by atoms with Gasteiger partial charge in [-0.15, -0.1) is 0 Å². The molecule has 3 rings (SSSR count). The SMILES string of the molecule is COc1ccc2c(c1)c(Cl)c1ccc([N+](=O)[O-])cc1[n+]2[O-]. The largest absolute Gasteiger partial charge is 0.618 e. The highest BCUT2D eigenvalue weighted by Gasteiger charge is 2.19. The van der Waals surface area contributed by atoms with E-state index >= 15 is 0 Å². The molecule has 1 aromatic heterocycles. The number of rotatable bonds is 2. The quantitative estimate of drug-likeness (QED) is 0.239. The van der Waals surface area contributed by atoms with Gasteiger partial charge in [0, 0.05) is 12.1 Å². The molecule has 0 N–H and O–H groups in total. The minimum Gasteiger partial charge on any atom is -0.618 e. The van der Waals surface area contributed by atoms with E-state index in [-0.39, 0.29) is 11.2 Å². The fraction of sp³-hybridized carbons (Fsp3) is 0.0714. The van der Waals surface area contributed by atoms with Crippen molar-refractivity contribution in [1.29, 1.82) is 0 Å². The van der Waals surface area contributed by atoms with Gasteiger partial charge >= 0.3 is 0 Å². The Labute approximate surface area is 123 Å². The summed E-state index contributed by atoms with van der Waals surface area (Å²) in [5.74, 6) is 0.575. The molecule has 0 bridgehead atoms. The molecule has 1 heterocycles. The Morgan fingerprint density at radius 3 is 2.57 bits per heavy atom. The molecule has 0 fully saturated rings. The summed E-state index contributed by atoms with van der Waals surface area (Å²) in [5, 5.41) is 24.6. The summed E-state index contributed by atoms with van der Waals surface area (Å²) in [7, 11) is 1.52. The molecule has 106 valence electrons. The van der Waals surface area contributed by atoms with Crippen molar-refractivity contribution in [2.45, 2.75) is 0 Å². The van der Waals surface area contributed by atoms with Crippen molar-refractivity contribution in [2.24, 2.45) is 0 Å². The zero-order chi connectivity index (χ0) is 15.1. The Balaban J connectivity index is 2.46. The summed E-state index contributed by atoms with van der Waals surface area (Å²) in [6.07, 6.45) is 0. The van der Waals surface area contributed by atoms with Gasteiger partial charge in [0.15, 0.2) is 0 Å². The maximum atomic E-state index is 12.4. The van der Waals surface area contributed by atoms with Gasteiger partial charge in [0.05, 0.1) is 33.9 Å². The highest BCUT2D eigenvalue weighted by molar-refractivity contribution is 6.39. The van der Waals surface area contributed by atoms with Gasteiger partial charge in [0.2, 0.25) is 11.0 Å². The molecule has 0 spiro atoms. The Morgan fingerprint density at radius 1 is 1.14 bits per heavy atom. The highest BCUT2D eigenvalue weighted by atomic mass is 35.5. The van der Waals surface area contributed by atoms with E-state index in [0.29, 0.717) is 31.8 Å². The minimum atomic E-state index is -0.550. The maximum absolute atomic E-state index is 12.4. The molecule has 0 saturated heterocycles. The third-order valence-corrected chi connectivity index (χ3v) is 3.71. The summed E-state index contributed by atoms with van der Waals surface area (Å²) < 4.78 is 5.76. The number of ether oxygens (including phenoxy) is 1. The predicted molar refractivity (Wildman–Crippen MR) is 78.6 cm³/mol. The first-order valence-corrected chi connectivity index (χ1v) is 6.37. The standard InChI is InChI=1S/C14H9ClN2O4/c1-21-9-3-5-12-11(7-9)14(15)10-4-2-8(17(19)20)6-13(10)16(12)18/h2-7H,1H3. The van der Waals surface area contributed by atoms with Crippen LogP contribution < -0.4 is 9.47 Å². The van der Waals surface area contributed by atoms with Crippen molar-refractivity contribution in [3.05, 3.63) is 56.7 Å². The lowest BCUT2D eigenvalue weighted by Crippen LogP contribution is -2.28. The molecule has 0 aliphatic heterocycles. The van der Waals surface area contributed by atoms with Crippen LogP contribution >= 0.6 is 11.6 Å². The first kappa shape index (κ1) is 13.4. The predicted octanol–water partition coefficient (Wildman–Crippen LogP) is 3.20. The van der Waals surface area contributed by atoms with E-state index in [0.717, 1.165) is 0 Å². The molecule has 0 aliphatic rings. The molecule has 3 aromatic rings. The monoisotopic (exact) mass is 304 g/mol. The molecule has 0 amide bonds. The normalized spacial score (nSPS) is 11.0. The lowest BCUT2D eigenvalue weighted by Gasteiger charge is -2.09. The van der Waals surface area contributed by atoms with Crippen LogP contribution in [0.3, 0.4) is 0 Å². The zero-order valence-electron chi connectivity index (χ0n) is 10.9. The second-order valence-corrected chi connectivity index (χ2v) is 4.83. The topological polar surface area (TPSA) is 79.3 Å². The molecule has 21 heavy (non-hydrogen) atoms. The molecule has 0 atom stereocenters. The van der Waals surface area contributed by atoms with E-state index in [2.05, 4.69) is 0 Å². The van der Waals surface area contributed by atoms with Crippen molar-refractivity contribution in [2.75, 3.05) is 7.11 Å². The van der Waals surface area contributed by atoms with Crippen molar-refractivity contribution in [1.82, 2.24) is 0 Å². The molecule has 0 aliphatic carbocycles. The average molecular weight is 305 g/mol. The Kier molecular flexibility index (Phi) is 3.03. The summed E-state index contributed by atoms with van der Waals surface area (Å²) in [6.45, 7) is 0. The second-order valence-electron chi connectivity index (χ2n) is 4.45. The molecule has 6 nitrogen and oxygen atoms in total. The van der Waals surface area contributed by atoms with Gasteiger partial charge in [-0.1, -0.05) is 11.6 Å². The fourth-order valence-corrected chi connectivity index (χ4v) is 2.57. The molecule has 0 saturated carbocycles. The van der Waals surface area contributed by atoms with Crippen LogP contribution in [0.15, 0.2) is 36.4 Å². The summed E-state index contributed by atoms with van der Waals surface area (Å²) in [5.41, 5.74) is 0.330. The van der Waals surface area contributed by atoms with Gasteiger partial charge in [-0.05, 0) is 18.2 Å². The van der Waals surface area contributed by atoms with Crippen LogP contribution in [-0.4, -0.2) is 12.0 Å². The molecule has 2 aromatic carbocycles. The minimum absolute atomic E-state index is 0.156. The van der Waals surface area contributed by atoms with E-state index < -0.39 is 4.92 Å². The van der Waals surface area contributed by atoms with E-state index in [1.165, 1.54) is 25.3 Å². The molecule has 0 unspecified atom stereocenters. The molecular formula is C14H9ClN2O4. The number of methoxy groups -OCH3 is 1. The van der Waals surface area contributed by atoms with Crippen LogP contribution in [0.1, 0.15) is 0 Å². The lowest BCUT2D eigenvalue weighted by atomic mass is 10.1. The molecule has 0 radical (unpaired) electrons. The van der Waals surface area contributed by atoms with Crippen molar-refractivity contribution in [3.63, 3.8) is 0 Å². The van der Waals surface area contributed by atoms with Gasteiger partial charge in [-0.2, -0.15) is 4.73 Å². The van der Waals surface area contributed by atoms with Crippen LogP contribution in [0.4, 0.5) is 5.69 Å². The van der Waals surface area contributed by atoms with E-state index in [9.17, 15) is 15.3 Å². The second kappa shape index (κ2) is 4.75. The van der Waals surface area contributed by atoms with Crippen LogP contribution in [-0.2, 0) is 0 Å². The van der Waals surface area contributed by atoms with Crippen molar-refractivity contribution in [3.8, 4) is 5.75 Å². The number of halogens is 1. The van der Waals surface area contributed by atoms with E-state index in [1.54, 1.807) is 18.2 Å². The average Bonchev–Trinajstić information content (AvgIpc) is 2.51. The molecular weight excluding hydrogens is 296 g/mol. The van der Waals surface area contributed by atoms with Gasteiger partial charge in [0.1, 0.15) is 5.75 Å². The number of pyridine rings is 1. The maximum Gasteiger partial charge on any atom is 0.276 e. The third kappa shape index (κ3) is 2.00. The van der Waals surface area contributed by atoms with Gasteiger partial charge < -0.3 is 9.94 Å². The third-order valence-electron chi connectivity index (χ3n) is 3.31. The summed E-state index contributed by atoms with van der Waals surface area (Å²) >= 11 is 6.33. The van der Waals surface area contributed by atoms with Crippen LogP contribution in [0.2, 0.25) is 5.02 Å². The number of fused-ring (bicyclic) bond motifs is 2. The van der Waals surface area contributed by atoms with Gasteiger partial charge in [-0.3, -0.25) is 10.1 Å². The lowest BCUT2D eigenvalue weighted by molar-refractivity contribution is -0.548. The number of hydrogen-bond acceptors (Lipinski definition) is 4. The number of nitro groups is 1. The smallest absolute Gasteiger partial charge is 0.276 e. The fourth-order valence-electron chi connectivity index (χ4n) is 2.26. The number of nitrogens with zero attached hydrogens (tertiary/aromatic N) is 2. The summed E-state index contributed by atoms with van der Waals surface area (Å²) in [4.78, 5) is 10.3. The number of benzene rings is 2. The van der Waals surface area contributed by atoms with Crippen LogP contribution in [0.5, 0.6) is 5.75 Å². The van der Waals surface area contributed by atoms with Gasteiger partial charge in [0.25, 0.3) is 5.69 Å². The first-order valence-electron chi connectivity index (χ1n) is 6.00. The van der Waals surface area contributed by atoms with Crippen LogP contribution in [0, 0.1) is 15.3 Å². The Bertz CT molecular complexity index is 895. The zero-order valence-corrected chi connectivity index (χ0v) is 11.6. The van der Waals surface area contributed by atoms with E-state index in [1.807, 2.05) is 0 Å². The molecule has 7 heteroatoms. The summed E-state index contributed by atoms with van der Waals surface area (Å²) in [6, 6.07) is 8.88. The van der Waals surface area contributed by atoms with Crippen molar-refractivity contribution >= 4 is 39.1 Å². The first-order chi connectivity index (χ1) is 10.0. The Hall–Kier alpha value is -2.60. The highest BCUT2D eigenvalue weighted by Crippen LogP contribution is 2.32. The van der Waals surface area contributed by atoms with Crippen LogP contribution in [0.25, 0.3) is 21.8 Å². The number of aromatic nitrogens is 1. The number of non-ortho nitro benzene ring substituents is 1. The Morgan fingerprint density at radius 2 is 1.90 bits per heavy atom. The van der Waals surface area contributed by atoms with Crippen molar-refractivity contribution < 1.29 is 14.4 Å². The van der Waals surface area contributed by atoms with E-state index in [4.69, 9.17) is 16.3 Å². The number of hydrogen-bond donors (Lipinski definition) is 0. The number of nitro benzene ring substituents is 1.